The van der Waals surface area contributed by atoms with Gasteiger partial charge in [-0.05, 0) is 45.4 Å². The van der Waals surface area contributed by atoms with Crippen molar-refractivity contribution in [2.24, 2.45) is 5.92 Å². The van der Waals surface area contributed by atoms with Gasteiger partial charge in [0.05, 0.1) is 24.2 Å². The number of carbonyl (C=O) groups excluding carboxylic acids is 1. The maximum atomic E-state index is 12.0. The summed E-state index contributed by atoms with van der Waals surface area (Å²) in [6.07, 6.45) is 10.3. The molecular weight excluding hydrogens is 380 g/mol. The summed E-state index contributed by atoms with van der Waals surface area (Å²) >= 11 is 0. The number of fused-ring (bicyclic) bond motifs is 1. The average Bonchev–Trinajstić information content (AvgIpc) is 3.14. The second-order valence-electron chi connectivity index (χ2n) is 8.99. The summed E-state index contributed by atoms with van der Waals surface area (Å²) in [5.41, 5.74) is 2.34. The second-order valence-corrected chi connectivity index (χ2v) is 8.99. The first-order chi connectivity index (χ1) is 14.4. The third kappa shape index (κ3) is 4.51. The van der Waals surface area contributed by atoms with Gasteiger partial charge in [-0.15, -0.1) is 0 Å². The third-order valence-electron chi connectivity index (χ3n) is 6.07. The number of carbonyl (C=O) groups is 1. The molecule has 0 saturated carbocycles. The van der Waals surface area contributed by atoms with Crippen LogP contribution in [-0.2, 0) is 17.6 Å². The van der Waals surface area contributed by atoms with Crippen LogP contribution in [0.25, 0.3) is 0 Å². The van der Waals surface area contributed by atoms with Gasteiger partial charge in [0.2, 0.25) is 0 Å². The molecule has 1 aromatic heterocycles. The lowest BCUT2D eigenvalue weighted by molar-refractivity contribution is 0.113. The van der Waals surface area contributed by atoms with Crippen LogP contribution < -0.4 is 10.2 Å². The van der Waals surface area contributed by atoms with E-state index >= 15 is 0 Å². The first-order valence-electron chi connectivity index (χ1n) is 11.1. The van der Waals surface area contributed by atoms with Gasteiger partial charge in [-0.2, -0.15) is 0 Å². The maximum absolute atomic E-state index is 12.0. The standard InChI is InChI=1S/C23H32N4O3/c1-14(2)30-23(29)24-16-10-11-27(13-16)22-17-9-8-15(3)12-19(17)25-21(26-22)18-6-4-5-7-20(18)28/h4-7,14-16,18,20,28H,8-13H2,1-3H3,(H,24,29)/t15?,16-,18?,20?/m1/s1. The maximum Gasteiger partial charge on any atom is 0.407 e. The molecule has 0 radical (unpaired) electrons. The molecule has 1 fully saturated rings. The molecule has 162 valence electrons. The van der Waals surface area contributed by atoms with Crippen LogP contribution in [0.1, 0.15) is 56.6 Å². The van der Waals surface area contributed by atoms with E-state index in [1.54, 1.807) is 6.08 Å². The van der Waals surface area contributed by atoms with Crippen molar-refractivity contribution in [1.29, 1.82) is 0 Å². The molecule has 2 aliphatic carbocycles. The molecule has 3 aliphatic rings. The molecule has 1 aliphatic heterocycles. The number of aliphatic hydroxyl groups excluding tert-OH is 1. The van der Waals surface area contributed by atoms with Gasteiger partial charge in [-0.25, -0.2) is 14.8 Å². The monoisotopic (exact) mass is 412 g/mol. The van der Waals surface area contributed by atoms with Gasteiger partial charge in [-0.1, -0.05) is 31.2 Å². The molecule has 30 heavy (non-hydrogen) atoms. The van der Waals surface area contributed by atoms with Crippen molar-refractivity contribution in [3.05, 3.63) is 41.4 Å². The van der Waals surface area contributed by atoms with Crippen LogP contribution in [0.4, 0.5) is 10.6 Å². The van der Waals surface area contributed by atoms with Crippen LogP contribution in [0.5, 0.6) is 0 Å². The number of hydrogen-bond donors (Lipinski definition) is 2. The summed E-state index contributed by atoms with van der Waals surface area (Å²) < 4.78 is 5.23. The van der Waals surface area contributed by atoms with Gasteiger partial charge >= 0.3 is 6.09 Å². The smallest absolute Gasteiger partial charge is 0.407 e. The highest BCUT2D eigenvalue weighted by molar-refractivity contribution is 5.68. The normalized spacial score (nSPS) is 28.0. The van der Waals surface area contributed by atoms with Crippen molar-refractivity contribution in [2.45, 2.75) is 70.6 Å². The molecule has 0 bridgehead atoms. The molecule has 0 aromatic carbocycles. The Kier molecular flexibility index (Phi) is 6.09. The topological polar surface area (TPSA) is 87.6 Å². The molecule has 4 rings (SSSR count). The van der Waals surface area contributed by atoms with E-state index in [9.17, 15) is 9.90 Å². The molecular formula is C23H32N4O3. The van der Waals surface area contributed by atoms with Crippen LogP contribution in [0.3, 0.4) is 0 Å². The highest BCUT2D eigenvalue weighted by atomic mass is 16.6. The van der Waals surface area contributed by atoms with Gasteiger partial charge in [0, 0.05) is 24.3 Å². The van der Waals surface area contributed by atoms with E-state index in [4.69, 9.17) is 14.7 Å². The zero-order valence-corrected chi connectivity index (χ0v) is 18.0. The summed E-state index contributed by atoms with van der Waals surface area (Å²) in [4.78, 5) is 24.1. The van der Waals surface area contributed by atoms with Crippen molar-refractivity contribution in [2.75, 3.05) is 18.0 Å². The number of rotatable bonds is 4. The predicted molar refractivity (Wildman–Crippen MR) is 116 cm³/mol. The molecule has 0 spiro atoms. The first kappa shape index (κ1) is 20.8. The van der Waals surface area contributed by atoms with Crippen molar-refractivity contribution in [3.63, 3.8) is 0 Å². The molecule has 2 N–H and O–H groups in total. The Morgan fingerprint density at radius 2 is 2.07 bits per heavy atom. The minimum absolute atomic E-state index is 0.0379. The number of nitrogens with one attached hydrogen (secondary N) is 1. The van der Waals surface area contributed by atoms with Crippen LogP contribution in [0.2, 0.25) is 0 Å². The van der Waals surface area contributed by atoms with E-state index in [0.29, 0.717) is 18.3 Å². The Labute approximate surface area is 178 Å². The lowest BCUT2D eigenvalue weighted by Crippen LogP contribution is -2.38. The van der Waals surface area contributed by atoms with Crippen LogP contribution >= 0.6 is 0 Å². The van der Waals surface area contributed by atoms with E-state index in [0.717, 1.165) is 43.7 Å². The molecule has 3 unspecified atom stereocenters. The fraction of sp³-hybridized carbons (Fsp3) is 0.609. The minimum atomic E-state index is -0.610. The number of allylic oxidation sites excluding steroid dienone is 2. The largest absolute Gasteiger partial charge is 0.447 e. The minimum Gasteiger partial charge on any atom is -0.447 e. The molecule has 7 heteroatoms. The molecule has 1 saturated heterocycles. The number of alkyl carbamates (subject to hydrolysis) is 1. The Morgan fingerprint density at radius 1 is 1.27 bits per heavy atom. The van der Waals surface area contributed by atoms with E-state index in [1.807, 2.05) is 32.1 Å². The van der Waals surface area contributed by atoms with Gasteiger partial charge in [0.25, 0.3) is 0 Å². The number of aromatic nitrogens is 2. The number of nitrogens with zero attached hydrogens (tertiary/aromatic N) is 3. The Hall–Kier alpha value is -2.41. The second kappa shape index (κ2) is 8.76. The quantitative estimate of drug-likeness (QED) is 0.791. The predicted octanol–water partition coefficient (Wildman–Crippen LogP) is 2.89. The van der Waals surface area contributed by atoms with Crippen molar-refractivity contribution in [3.8, 4) is 0 Å². The molecule has 1 amide bonds. The number of aliphatic hydroxyl groups is 1. The Bertz CT molecular complexity index is 851. The highest BCUT2D eigenvalue weighted by Crippen LogP contribution is 2.34. The van der Waals surface area contributed by atoms with Crippen molar-refractivity contribution < 1.29 is 14.6 Å². The van der Waals surface area contributed by atoms with Crippen LogP contribution in [0, 0.1) is 5.92 Å². The Balaban J connectivity index is 1.58. The van der Waals surface area contributed by atoms with E-state index in [-0.39, 0.29) is 24.2 Å². The lowest BCUT2D eigenvalue weighted by Gasteiger charge is -2.29. The summed E-state index contributed by atoms with van der Waals surface area (Å²) in [6.45, 7) is 7.49. The Morgan fingerprint density at radius 3 is 2.83 bits per heavy atom. The first-order valence-corrected chi connectivity index (χ1v) is 11.1. The lowest BCUT2D eigenvalue weighted by atomic mass is 9.87. The van der Waals surface area contributed by atoms with Crippen LogP contribution in [-0.4, -0.2) is 52.5 Å². The zero-order chi connectivity index (χ0) is 21.3. The number of ether oxygens (including phenoxy) is 1. The van der Waals surface area contributed by atoms with Gasteiger partial charge in [0.15, 0.2) is 0 Å². The summed E-state index contributed by atoms with van der Waals surface area (Å²) in [6, 6.07) is 0.0379. The molecule has 1 aromatic rings. The summed E-state index contributed by atoms with van der Waals surface area (Å²) in [5.74, 6) is 2.02. The number of amides is 1. The SMILES string of the molecule is CC1CCc2c(nc(C3C=CC=CC3O)nc2N2CC[C@@H](NC(=O)OC(C)C)C2)C1. The summed E-state index contributed by atoms with van der Waals surface area (Å²) in [7, 11) is 0. The van der Waals surface area contributed by atoms with Gasteiger partial charge < -0.3 is 20.1 Å². The van der Waals surface area contributed by atoms with Crippen molar-refractivity contribution in [1.82, 2.24) is 15.3 Å². The number of anilines is 1. The fourth-order valence-corrected chi connectivity index (χ4v) is 4.51. The fourth-order valence-electron chi connectivity index (χ4n) is 4.51. The zero-order valence-electron chi connectivity index (χ0n) is 18.0. The molecule has 7 nitrogen and oxygen atoms in total. The van der Waals surface area contributed by atoms with Crippen molar-refractivity contribution >= 4 is 11.9 Å². The molecule has 2 heterocycles. The van der Waals surface area contributed by atoms with E-state index in [1.165, 1.54) is 5.56 Å². The van der Waals surface area contributed by atoms with E-state index in [2.05, 4.69) is 17.1 Å². The average molecular weight is 413 g/mol. The van der Waals surface area contributed by atoms with Gasteiger partial charge in [0.1, 0.15) is 11.6 Å². The third-order valence-corrected chi connectivity index (χ3v) is 6.07. The van der Waals surface area contributed by atoms with Gasteiger partial charge in [-0.3, -0.25) is 0 Å². The summed E-state index contributed by atoms with van der Waals surface area (Å²) in [5, 5.41) is 13.4. The van der Waals surface area contributed by atoms with Crippen LogP contribution in [0.15, 0.2) is 24.3 Å². The number of hydrogen-bond acceptors (Lipinski definition) is 6. The van der Waals surface area contributed by atoms with E-state index < -0.39 is 6.10 Å². The highest BCUT2D eigenvalue weighted by Gasteiger charge is 2.32. The molecule has 4 atom stereocenters.